The van der Waals surface area contributed by atoms with Gasteiger partial charge in [-0.1, -0.05) is 48.8 Å². The van der Waals surface area contributed by atoms with E-state index in [1.165, 1.54) is 16.3 Å². The van der Waals surface area contributed by atoms with Crippen molar-refractivity contribution in [2.24, 2.45) is 22.7 Å². The summed E-state index contributed by atoms with van der Waals surface area (Å²) in [5.41, 5.74) is 3.46. The molecule has 2 aliphatic rings. The lowest BCUT2D eigenvalue weighted by Gasteiger charge is -2.29. The lowest BCUT2D eigenvalue weighted by atomic mass is 9.94. The average Bonchev–Trinajstić information content (AvgIpc) is 3.30. The van der Waals surface area contributed by atoms with Gasteiger partial charge in [0.2, 0.25) is 5.91 Å². The van der Waals surface area contributed by atoms with E-state index in [9.17, 15) is 4.79 Å². The van der Waals surface area contributed by atoms with Crippen LogP contribution >= 0.6 is 15.9 Å². The summed E-state index contributed by atoms with van der Waals surface area (Å²) < 4.78 is 6.51. The van der Waals surface area contributed by atoms with Crippen molar-refractivity contribution in [3.05, 3.63) is 40.4 Å². The number of halogens is 1. The molecule has 2 aromatic carbocycles. The standard InChI is InChI=1S/C24H29BrN2O2/c1-14(2)15(3)24(28)27-12-16(13-29-4)9-23(27)22-11-20-19-7-6-18(25)10-17(19)5-8-21(20)26-22/h5-8,10,14-16,23H,9,11-13H2,1-4H3/t15-,16-,23-/m0/s1. The van der Waals surface area contributed by atoms with Gasteiger partial charge in [0.25, 0.3) is 0 Å². The number of ether oxygens (including phenoxy) is 1. The molecule has 0 saturated carbocycles. The Morgan fingerprint density at radius 3 is 2.79 bits per heavy atom. The number of hydrogen-bond acceptors (Lipinski definition) is 3. The van der Waals surface area contributed by atoms with Crippen LogP contribution < -0.4 is 0 Å². The van der Waals surface area contributed by atoms with Gasteiger partial charge in [0.15, 0.2) is 0 Å². The summed E-state index contributed by atoms with van der Waals surface area (Å²) in [5, 5.41) is 2.48. The zero-order valence-electron chi connectivity index (χ0n) is 17.6. The summed E-state index contributed by atoms with van der Waals surface area (Å²) in [7, 11) is 1.74. The number of benzene rings is 2. The largest absolute Gasteiger partial charge is 0.384 e. The number of fused-ring (bicyclic) bond motifs is 3. The highest BCUT2D eigenvalue weighted by molar-refractivity contribution is 9.10. The number of amides is 1. The molecule has 154 valence electrons. The molecule has 5 heteroatoms. The van der Waals surface area contributed by atoms with Crippen molar-refractivity contribution in [3.63, 3.8) is 0 Å². The normalized spacial score (nSPS) is 22.3. The predicted octanol–water partition coefficient (Wildman–Crippen LogP) is 5.39. The minimum Gasteiger partial charge on any atom is -0.384 e. The lowest BCUT2D eigenvalue weighted by Crippen LogP contribution is -2.44. The second-order valence-electron chi connectivity index (χ2n) is 8.80. The first-order chi connectivity index (χ1) is 13.9. The molecule has 2 heterocycles. The van der Waals surface area contributed by atoms with Gasteiger partial charge in [-0.3, -0.25) is 9.79 Å². The maximum atomic E-state index is 13.3. The van der Waals surface area contributed by atoms with Crippen molar-refractivity contribution in [3.8, 4) is 0 Å². The SMILES string of the molecule is COC[C@H]1C[C@@H](C2=Nc3ccc4cc(Br)ccc4c3C2)N(C(=O)[C@@H](C)C(C)C)C1. The van der Waals surface area contributed by atoms with Crippen LogP contribution in [0.25, 0.3) is 10.8 Å². The van der Waals surface area contributed by atoms with Crippen molar-refractivity contribution in [1.82, 2.24) is 4.90 Å². The second kappa shape index (κ2) is 8.19. The van der Waals surface area contributed by atoms with E-state index in [1.54, 1.807) is 7.11 Å². The van der Waals surface area contributed by atoms with Crippen molar-refractivity contribution < 1.29 is 9.53 Å². The monoisotopic (exact) mass is 456 g/mol. The van der Waals surface area contributed by atoms with Gasteiger partial charge in [0.05, 0.1) is 18.3 Å². The molecule has 0 radical (unpaired) electrons. The number of aliphatic imine (C=N–C) groups is 1. The van der Waals surface area contributed by atoms with Crippen LogP contribution in [-0.2, 0) is 16.0 Å². The fraction of sp³-hybridized carbons (Fsp3) is 0.500. The molecule has 3 atom stereocenters. The molecular weight excluding hydrogens is 428 g/mol. The van der Waals surface area contributed by atoms with Gasteiger partial charge >= 0.3 is 0 Å². The third-order valence-electron chi connectivity index (χ3n) is 6.54. The molecule has 0 N–H and O–H groups in total. The fourth-order valence-corrected chi connectivity index (χ4v) is 4.98. The molecule has 1 fully saturated rings. The fourth-order valence-electron chi connectivity index (χ4n) is 4.60. The van der Waals surface area contributed by atoms with Crippen molar-refractivity contribution >= 4 is 44.0 Å². The van der Waals surface area contributed by atoms with Gasteiger partial charge in [0, 0.05) is 42.1 Å². The van der Waals surface area contributed by atoms with Crippen LogP contribution in [0.1, 0.15) is 32.8 Å². The Morgan fingerprint density at radius 2 is 2.07 bits per heavy atom. The smallest absolute Gasteiger partial charge is 0.226 e. The van der Waals surface area contributed by atoms with Crippen molar-refractivity contribution in [1.29, 1.82) is 0 Å². The topological polar surface area (TPSA) is 41.9 Å². The van der Waals surface area contributed by atoms with E-state index in [4.69, 9.17) is 9.73 Å². The number of methoxy groups -OCH3 is 1. The zero-order valence-corrected chi connectivity index (χ0v) is 19.2. The van der Waals surface area contributed by atoms with Crippen LogP contribution in [0.2, 0.25) is 0 Å². The van der Waals surface area contributed by atoms with E-state index in [1.807, 2.05) is 6.92 Å². The van der Waals surface area contributed by atoms with Crippen LogP contribution in [0.3, 0.4) is 0 Å². The predicted molar refractivity (Wildman–Crippen MR) is 122 cm³/mol. The van der Waals surface area contributed by atoms with Crippen LogP contribution in [0, 0.1) is 17.8 Å². The number of hydrogen-bond donors (Lipinski definition) is 0. The molecule has 0 aliphatic carbocycles. The highest BCUT2D eigenvalue weighted by Gasteiger charge is 2.41. The summed E-state index contributed by atoms with van der Waals surface area (Å²) in [6.07, 6.45) is 1.75. The summed E-state index contributed by atoms with van der Waals surface area (Å²) in [5.74, 6) is 0.958. The molecule has 4 nitrogen and oxygen atoms in total. The Balaban J connectivity index is 1.64. The Hall–Kier alpha value is -1.72. The minimum atomic E-state index is 0.0151. The number of likely N-dealkylation sites (tertiary alicyclic amines) is 1. The molecule has 1 saturated heterocycles. The Labute approximate surface area is 181 Å². The molecule has 4 rings (SSSR count). The van der Waals surface area contributed by atoms with Crippen LogP contribution in [0.15, 0.2) is 39.8 Å². The minimum absolute atomic E-state index is 0.0151. The van der Waals surface area contributed by atoms with Gasteiger partial charge in [-0.2, -0.15) is 0 Å². The van der Waals surface area contributed by atoms with Gasteiger partial charge in [-0.25, -0.2) is 0 Å². The summed E-state index contributed by atoms with van der Waals surface area (Å²) in [6, 6.07) is 10.7. The molecule has 0 unspecified atom stereocenters. The van der Waals surface area contributed by atoms with Crippen LogP contribution in [0.5, 0.6) is 0 Å². The van der Waals surface area contributed by atoms with Gasteiger partial charge in [-0.15, -0.1) is 0 Å². The molecule has 1 amide bonds. The van der Waals surface area contributed by atoms with Gasteiger partial charge < -0.3 is 9.64 Å². The molecule has 2 aromatic rings. The Morgan fingerprint density at radius 1 is 1.28 bits per heavy atom. The Kier molecular flexibility index (Phi) is 5.80. The quantitative estimate of drug-likeness (QED) is 0.605. The van der Waals surface area contributed by atoms with Crippen LogP contribution in [0.4, 0.5) is 5.69 Å². The van der Waals surface area contributed by atoms with E-state index in [0.29, 0.717) is 18.4 Å². The van der Waals surface area contributed by atoms with E-state index < -0.39 is 0 Å². The third-order valence-corrected chi connectivity index (χ3v) is 7.03. The second-order valence-corrected chi connectivity index (χ2v) is 9.72. The molecule has 0 aromatic heterocycles. The first kappa shape index (κ1) is 20.5. The van der Waals surface area contributed by atoms with Crippen molar-refractivity contribution in [2.45, 2.75) is 39.7 Å². The molecule has 29 heavy (non-hydrogen) atoms. The number of carbonyl (C=O) groups is 1. The number of rotatable bonds is 5. The Bertz CT molecular complexity index is 969. The lowest BCUT2D eigenvalue weighted by molar-refractivity contribution is -0.136. The highest BCUT2D eigenvalue weighted by Crippen LogP contribution is 2.38. The molecule has 0 bridgehead atoms. The summed E-state index contributed by atoms with van der Waals surface area (Å²) >= 11 is 3.56. The van der Waals surface area contributed by atoms with E-state index >= 15 is 0 Å². The summed E-state index contributed by atoms with van der Waals surface area (Å²) in [4.78, 5) is 20.3. The van der Waals surface area contributed by atoms with Crippen LogP contribution in [-0.4, -0.2) is 42.8 Å². The van der Waals surface area contributed by atoms with E-state index in [-0.39, 0.29) is 17.9 Å². The van der Waals surface area contributed by atoms with Gasteiger partial charge in [-0.05, 0) is 46.9 Å². The molecule has 2 aliphatic heterocycles. The zero-order chi connectivity index (χ0) is 20.7. The first-order valence-corrected chi connectivity index (χ1v) is 11.3. The highest BCUT2D eigenvalue weighted by atomic mass is 79.9. The van der Waals surface area contributed by atoms with E-state index in [2.05, 4.69) is 65.0 Å². The first-order valence-electron chi connectivity index (χ1n) is 10.5. The number of carbonyl (C=O) groups excluding carboxylic acids is 1. The third kappa shape index (κ3) is 3.87. The van der Waals surface area contributed by atoms with Gasteiger partial charge in [0.1, 0.15) is 0 Å². The average molecular weight is 457 g/mol. The number of nitrogens with zero attached hydrogens (tertiary/aromatic N) is 2. The molecular formula is C24H29BrN2O2. The van der Waals surface area contributed by atoms with Crippen molar-refractivity contribution in [2.75, 3.05) is 20.3 Å². The maximum Gasteiger partial charge on any atom is 0.226 e. The molecule has 0 spiro atoms. The van der Waals surface area contributed by atoms with E-state index in [0.717, 1.165) is 35.3 Å². The maximum absolute atomic E-state index is 13.3. The summed E-state index contributed by atoms with van der Waals surface area (Å²) in [6.45, 7) is 7.73.